The van der Waals surface area contributed by atoms with E-state index in [1.54, 1.807) is 23.6 Å². The van der Waals surface area contributed by atoms with Crippen molar-refractivity contribution in [2.24, 2.45) is 17.6 Å². The van der Waals surface area contributed by atoms with Gasteiger partial charge >= 0.3 is 0 Å². The summed E-state index contributed by atoms with van der Waals surface area (Å²) in [6.07, 6.45) is 0.706. The Balaban J connectivity index is 2.92. The Kier molecular flexibility index (Phi) is 6.81. The summed E-state index contributed by atoms with van der Waals surface area (Å²) in [4.78, 5) is 14.2. The minimum Gasteiger partial charge on any atom is -0.330 e. The fourth-order valence-corrected chi connectivity index (χ4v) is 5.40. The largest absolute Gasteiger partial charge is 0.330 e. The molecule has 0 aromatic rings. The van der Waals surface area contributed by atoms with Crippen molar-refractivity contribution >= 4 is 27.5 Å². The van der Waals surface area contributed by atoms with Gasteiger partial charge in [0.25, 0.3) is 0 Å². The van der Waals surface area contributed by atoms with E-state index < -0.39 is 15.2 Å². The third kappa shape index (κ3) is 4.36. The molecule has 118 valence electrons. The van der Waals surface area contributed by atoms with E-state index in [0.29, 0.717) is 24.6 Å². The van der Waals surface area contributed by atoms with Gasteiger partial charge in [0.2, 0.25) is 5.91 Å². The van der Waals surface area contributed by atoms with Gasteiger partial charge in [0.15, 0.2) is 9.84 Å². The monoisotopic (exact) mass is 322 g/mol. The molecule has 1 heterocycles. The van der Waals surface area contributed by atoms with Crippen LogP contribution in [0, 0.1) is 11.8 Å². The van der Waals surface area contributed by atoms with E-state index in [0.717, 1.165) is 5.75 Å². The standard InChI is InChI=1S/C13H26N2O3S2/c1-4-20(17,18)12-9-19-6-5-15(12)13(16)11(8-14)7-10(2)3/h10-12H,4-9,14H2,1-3H3. The summed E-state index contributed by atoms with van der Waals surface area (Å²) in [5.74, 6) is 1.34. The van der Waals surface area contributed by atoms with Crippen LogP contribution in [0.5, 0.6) is 0 Å². The Morgan fingerprint density at radius 2 is 2.10 bits per heavy atom. The van der Waals surface area contributed by atoms with Gasteiger partial charge in [-0.2, -0.15) is 11.8 Å². The lowest BCUT2D eigenvalue weighted by Gasteiger charge is -2.37. The molecule has 5 nitrogen and oxygen atoms in total. The predicted molar refractivity (Wildman–Crippen MR) is 84.3 cm³/mol. The number of rotatable bonds is 6. The molecule has 1 aliphatic rings. The maximum atomic E-state index is 12.6. The van der Waals surface area contributed by atoms with Crippen molar-refractivity contribution in [2.45, 2.75) is 32.6 Å². The van der Waals surface area contributed by atoms with Gasteiger partial charge in [-0.15, -0.1) is 0 Å². The van der Waals surface area contributed by atoms with Crippen LogP contribution < -0.4 is 5.73 Å². The maximum absolute atomic E-state index is 12.6. The van der Waals surface area contributed by atoms with Crippen LogP contribution in [0.25, 0.3) is 0 Å². The molecular weight excluding hydrogens is 296 g/mol. The van der Waals surface area contributed by atoms with Crippen LogP contribution in [0.3, 0.4) is 0 Å². The Morgan fingerprint density at radius 1 is 1.45 bits per heavy atom. The molecule has 0 radical (unpaired) electrons. The molecule has 2 N–H and O–H groups in total. The van der Waals surface area contributed by atoms with Gasteiger partial charge in [-0.05, 0) is 12.3 Å². The van der Waals surface area contributed by atoms with Gasteiger partial charge < -0.3 is 10.6 Å². The Morgan fingerprint density at radius 3 is 2.60 bits per heavy atom. The predicted octanol–water partition coefficient (Wildman–Crippen LogP) is 0.944. The van der Waals surface area contributed by atoms with E-state index in [4.69, 9.17) is 5.73 Å². The first-order valence-corrected chi connectivity index (χ1v) is 10.00. The minimum atomic E-state index is -3.24. The second-order valence-corrected chi connectivity index (χ2v) is 9.17. The van der Waals surface area contributed by atoms with Crippen molar-refractivity contribution in [1.82, 2.24) is 4.90 Å². The molecule has 2 unspecified atom stereocenters. The summed E-state index contributed by atoms with van der Waals surface area (Å²) in [6.45, 7) is 6.50. The SMILES string of the molecule is CCS(=O)(=O)C1CSCCN1C(=O)C(CN)CC(C)C. The number of carbonyl (C=O) groups excluding carboxylic acids is 1. The zero-order valence-electron chi connectivity index (χ0n) is 12.5. The van der Waals surface area contributed by atoms with Crippen LogP contribution in [0.15, 0.2) is 0 Å². The summed E-state index contributed by atoms with van der Waals surface area (Å²) in [6, 6.07) is 0. The Hall–Kier alpha value is -0.270. The molecule has 0 aromatic heterocycles. The van der Waals surface area contributed by atoms with E-state index in [9.17, 15) is 13.2 Å². The maximum Gasteiger partial charge on any atom is 0.228 e. The first kappa shape index (κ1) is 17.8. The molecule has 0 aliphatic carbocycles. The van der Waals surface area contributed by atoms with E-state index in [1.165, 1.54) is 0 Å². The van der Waals surface area contributed by atoms with Gasteiger partial charge in [0, 0.05) is 30.3 Å². The van der Waals surface area contributed by atoms with Crippen molar-refractivity contribution in [3.8, 4) is 0 Å². The normalized spacial score (nSPS) is 22.1. The fourth-order valence-electron chi connectivity index (χ4n) is 2.42. The van der Waals surface area contributed by atoms with Crippen LogP contribution in [0.2, 0.25) is 0 Å². The van der Waals surface area contributed by atoms with Gasteiger partial charge in [0.1, 0.15) is 5.37 Å². The molecule has 0 saturated carbocycles. The smallest absolute Gasteiger partial charge is 0.228 e. The van der Waals surface area contributed by atoms with E-state index in [-0.39, 0.29) is 24.1 Å². The summed E-state index contributed by atoms with van der Waals surface area (Å²) >= 11 is 1.60. The molecule has 1 rings (SSSR count). The minimum absolute atomic E-state index is 0.0689. The highest BCUT2D eigenvalue weighted by atomic mass is 32.2. The second kappa shape index (κ2) is 7.66. The van der Waals surface area contributed by atoms with Crippen LogP contribution >= 0.6 is 11.8 Å². The average Bonchev–Trinajstić information content (AvgIpc) is 2.43. The molecule has 0 spiro atoms. The Bertz CT molecular complexity index is 423. The zero-order valence-corrected chi connectivity index (χ0v) is 14.2. The van der Waals surface area contributed by atoms with Crippen molar-refractivity contribution in [1.29, 1.82) is 0 Å². The van der Waals surface area contributed by atoms with Crippen LogP contribution in [-0.4, -0.2) is 54.9 Å². The van der Waals surface area contributed by atoms with E-state index >= 15 is 0 Å². The third-order valence-corrected chi connectivity index (χ3v) is 6.86. The number of sulfone groups is 1. The quantitative estimate of drug-likeness (QED) is 0.787. The fraction of sp³-hybridized carbons (Fsp3) is 0.923. The topological polar surface area (TPSA) is 80.5 Å². The molecule has 0 bridgehead atoms. The number of nitrogens with zero attached hydrogens (tertiary/aromatic N) is 1. The average molecular weight is 322 g/mol. The number of hydrogen-bond donors (Lipinski definition) is 1. The Labute approximate surface area is 126 Å². The molecule has 20 heavy (non-hydrogen) atoms. The van der Waals surface area contributed by atoms with Gasteiger partial charge in [-0.3, -0.25) is 4.79 Å². The first-order valence-electron chi connectivity index (χ1n) is 7.13. The van der Waals surface area contributed by atoms with Crippen LogP contribution in [0.1, 0.15) is 27.2 Å². The number of nitrogens with two attached hydrogens (primary N) is 1. The lowest BCUT2D eigenvalue weighted by atomic mass is 9.96. The number of hydrogen-bond acceptors (Lipinski definition) is 5. The zero-order chi connectivity index (χ0) is 15.3. The van der Waals surface area contributed by atoms with Crippen molar-refractivity contribution in [3.63, 3.8) is 0 Å². The van der Waals surface area contributed by atoms with Crippen LogP contribution in [0.4, 0.5) is 0 Å². The molecule has 2 atom stereocenters. The summed E-state index contributed by atoms with van der Waals surface area (Å²) in [5.41, 5.74) is 5.71. The number of amides is 1. The van der Waals surface area contributed by atoms with Crippen molar-refractivity contribution < 1.29 is 13.2 Å². The van der Waals surface area contributed by atoms with Crippen molar-refractivity contribution in [3.05, 3.63) is 0 Å². The highest BCUT2D eigenvalue weighted by Crippen LogP contribution is 2.24. The lowest BCUT2D eigenvalue weighted by molar-refractivity contribution is -0.136. The molecular formula is C13H26N2O3S2. The summed E-state index contributed by atoms with van der Waals surface area (Å²) in [7, 11) is -3.24. The molecule has 1 amide bonds. The molecule has 1 fully saturated rings. The summed E-state index contributed by atoms with van der Waals surface area (Å²) in [5, 5.41) is -0.681. The van der Waals surface area contributed by atoms with Gasteiger partial charge in [0.05, 0.1) is 5.92 Å². The van der Waals surface area contributed by atoms with E-state index in [1.807, 2.05) is 13.8 Å². The third-order valence-electron chi connectivity index (χ3n) is 3.57. The van der Waals surface area contributed by atoms with Crippen LogP contribution in [-0.2, 0) is 14.6 Å². The molecule has 1 saturated heterocycles. The lowest BCUT2D eigenvalue weighted by Crippen LogP contribution is -2.53. The van der Waals surface area contributed by atoms with E-state index in [2.05, 4.69) is 0 Å². The highest BCUT2D eigenvalue weighted by Gasteiger charge is 2.37. The molecule has 7 heteroatoms. The van der Waals surface area contributed by atoms with Crippen molar-refractivity contribution in [2.75, 3.05) is 30.3 Å². The summed E-state index contributed by atoms with van der Waals surface area (Å²) < 4.78 is 24.3. The molecule has 1 aliphatic heterocycles. The number of carbonyl (C=O) groups is 1. The highest BCUT2D eigenvalue weighted by molar-refractivity contribution is 8.01. The molecule has 0 aromatic carbocycles. The number of thioether (sulfide) groups is 1. The van der Waals surface area contributed by atoms with Gasteiger partial charge in [-0.1, -0.05) is 20.8 Å². The second-order valence-electron chi connectivity index (χ2n) is 5.57. The first-order chi connectivity index (χ1) is 9.33. The van der Waals surface area contributed by atoms with Gasteiger partial charge in [-0.25, -0.2) is 8.42 Å².